The van der Waals surface area contributed by atoms with Crippen molar-refractivity contribution in [1.29, 1.82) is 0 Å². The van der Waals surface area contributed by atoms with Crippen LogP contribution in [0.4, 0.5) is 4.39 Å². The van der Waals surface area contributed by atoms with E-state index >= 15 is 0 Å². The first-order chi connectivity index (χ1) is 9.67. The molecule has 1 aromatic carbocycles. The summed E-state index contributed by atoms with van der Waals surface area (Å²) in [6.45, 7) is 4.84. The molecule has 0 amide bonds. The smallest absolute Gasteiger partial charge is 0.175 e. The number of methoxy groups -OCH3 is 2. The van der Waals surface area contributed by atoms with Gasteiger partial charge in [0.1, 0.15) is 5.82 Å². The molecule has 1 N–H and O–H groups in total. The average molecular weight is 347 g/mol. The maximum absolute atomic E-state index is 14.2. The molecule has 0 radical (unpaired) electrons. The minimum Gasteiger partial charge on any atom is -0.493 e. The number of benzene rings is 1. The Morgan fingerprint density at radius 3 is 2.60 bits per heavy atom. The number of nitrogens with one attached hydrogen (secondary N) is 1. The molecule has 0 aliphatic carbocycles. The molecule has 1 aliphatic heterocycles. The van der Waals surface area contributed by atoms with Gasteiger partial charge in [-0.05, 0) is 22.4 Å². The summed E-state index contributed by atoms with van der Waals surface area (Å²) in [6, 6.07) is 1.39. The molecule has 0 unspecified atom stereocenters. The second-order valence-electron chi connectivity index (χ2n) is 4.73. The summed E-state index contributed by atoms with van der Waals surface area (Å²) in [5.41, 5.74) is 0.640. The highest BCUT2D eigenvalue weighted by atomic mass is 79.9. The molecule has 1 fully saturated rings. The summed E-state index contributed by atoms with van der Waals surface area (Å²) >= 11 is 3.43. The minimum atomic E-state index is -0.260. The molecule has 2 rings (SSSR count). The molecule has 4 nitrogen and oxygen atoms in total. The quantitative estimate of drug-likeness (QED) is 0.884. The topological polar surface area (TPSA) is 33.7 Å². The van der Waals surface area contributed by atoms with Gasteiger partial charge in [0.25, 0.3) is 0 Å². The zero-order chi connectivity index (χ0) is 14.5. The number of hydrogen-bond acceptors (Lipinski definition) is 4. The maximum Gasteiger partial charge on any atom is 0.175 e. The first kappa shape index (κ1) is 15.5. The standard InChI is InChI=1S/C14H20BrFN2O2/c1-19-12-9-11(16)10(13(15)14(12)20-2)3-6-18-7-4-17-5-8-18/h9,17H,3-8H2,1-2H3. The Hall–Kier alpha value is -0.850. The van der Waals surface area contributed by atoms with Crippen molar-refractivity contribution >= 4 is 15.9 Å². The molecular formula is C14H20BrFN2O2. The Labute approximate surface area is 127 Å². The maximum atomic E-state index is 14.2. The van der Waals surface area contributed by atoms with Crippen LogP contribution in [-0.4, -0.2) is 51.8 Å². The molecule has 1 saturated heterocycles. The largest absolute Gasteiger partial charge is 0.493 e. The number of rotatable bonds is 5. The highest BCUT2D eigenvalue weighted by Crippen LogP contribution is 2.39. The van der Waals surface area contributed by atoms with Gasteiger partial charge in [-0.1, -0.05) is 0 Å². The fourth-order valence-electron chi connectivity index (χ4n) is 2.39. The Morgan fingerprint density at radius 1 is 1.30 bits per heavy atom. The second-order valence-corrected chi connectivity index (χ2v) is 5.52. The highest BCUT2D eigenvalue weighted by Gasteiger charge is 2.19. The number of hydrogen-bond donors (Lipinski definition) is 1. The van der Waals surface area contributed by atoms with Crippen molar-refractivity contribution in [3.8, 4) is 11.5 Å². The van der Waals surface area contributed by atoms with Crippen LogP contribution >= 0.6 is 15.9 Å². The van der Waals surface area contributed by atoms with Gasteiger partial charge in [-0.25, -0.2) is 4.39 Å². The highest BCUT2D eigenvalue weighted by molar-refractivity contribution is 9.10. The Bertz CT molecular complexity index is 465. The third kappa shape index (κ3) is 3.42. The molecule has 0 aromatic heterocycles. The fourth-order valence-corrected chi connectivity index (χ4v) is 3.14. The third-order valence-electron chi connectivity index (χ3n) is 3.55. The summed E-state index contributed by atoms with van der Waals surface area (Å²) in [5.74, 6) is 0.691. The van der Waals surface area contributed by atoms with Crippen LogP contribution in [0.1, 0.15) is 5.56 Å². The molecule has 6 heteroatoms. The molecule has 112 valence electrons. The van der Waals surface area contributed by atoms with E-state index in [1.807, 2.05) is 0 Å². The lowest BCUT2D eigenvalue weighted by molar-refractivity contribution is 0.243. The van der Waals surface area contributed by atoms with E-state index in [1.54, 1.807) is 7.11 Å². The molecule has 20 heavy (non-hydrogen) atoms. The zero-order valence-electron chi connectivity index (χ0n) is 11.8. The number of halogens is 2. The van der Waals surface area contributed by atoms with Crippen molar-refractivity contribution < 1.29 is 13.9 Å². The summed E-state index contributed by atoms with van der Waals surface area (Å²) in [5, 5.41) is 3.31. The zero-order valence-corrected chi connectivity index (χ0v) is 13.4. The van der Waals surface area contributed by atoms with Crippen molar-refractivity contribution in [1.82, 2.24) is 10.2 Å². The normalized spacial score (nSPS) is 16.2. The van der Waals surface area contributed by atoms with Crippen molar-refractivity contribution in [3.05, 3.63) is 21.9 Å². The van der Waals surface area contributed by atoms with Gasteiger partial charge >= 0.3 is 0 Å². The minimum absolute atomic E-state index is 0.260. The van der Waals surface area contributed by atoms with Gasteiger partial charge in [0.15, 0.2) is 11.5 Å². The van der Waals surface area contributed by atoms with E-state index in [0.717, 1.165) is 32.7 Å². The van der Waals surface area contributed by atoms with Gasteiger partial charge in [-0.15, -0.1) is 0 Å². The Kier molecular flexibility index (Phi) is 5.63. The van der Waals surface area contributed by atoms with E-state index in [9.17, 15) is 4.39 Å². The molecule has 1 heterocycles. The van der Waals surface area contributed by atoms with Gasteiger partial charge in [-0.3, -0.25) is 0 Å². The van der Waals surface area contributed by atoms with Crippen LogP contribution in [0.2, 0.25) is 0 Å². The van der Waals surface area contributed by atoms with Crippen LogP contribution in [0.25, 0.3) is 0 Å². The number of nitrogens with zero attached hydrogens (tertiary/aromatic N) is 1. The van der Waals surface area contributed by atoms with Gasteiger partial charge in [0, 0.05) is 44.4 Å². The second kappa shape index (κ2) is 7.24. The molecule has 1 aromatic rings. The first-order valence-corrected chi connectivity index (χ1v) is 7.48. The molecule has 0 atom stereocenters. The van der Waals surface area contributed by atoms with Gasteiger partial charge < -0.3 is 19.7 Å². The molecule has 0 saturated carbocycles. The van der Waals surface area contributed by atoms with E-state index in [2.05, 4.69) is 26.1 Å². The number of piperazine rings is 1. The predicted octanol–water partition coefficient (Wildman–Crippen LogP) is 2.05. The van der Waals surface area contributed by atoms with Crippen LogP contribution in [0.15, 0.2) is 10.5 Å². The van der Waals surface area contributed by atoms with Gasteiger partial charge in [0.2, 0.25) is 0 Å². The van der Waals surface area contributed by atoms with Gasteiger partial charge in [-0.2, -0.15) is 0 Å². The predicted molar refractivity (Wildman–Crippen MR) is 80.2 cm³/mol. The lowest BCUT2D eigenvalue weighted by Gasteiger charge is -2.27. The third-order valence-corrected chi connectivity index (χ3v) is 4.38. The lowest BCUT2D eigenvalue weighted by atomic mass is 10.1. The molecule has 1 aliphatic rings. The van der Waals surface area contributed by atoms with Crippen LogP contribution in [-0.2, 0) is 6.42 Å². The van der Waals surface area contributed by atoms with Crippen LogP contribution in [0.3, 0.4) is 0 Å². The van der Waals surface area contributed by atoms with Crippen LogP contribution in [0.5, 0.6) is 11.5 Å². The van der Waals surface area contributed by atoms with Crippen LogP contribution < -0.4 is 14.8 Å². The van der Waals surface area contributed by atoms with Crippen molar-refractivity contribution in [3.63, 3.8) is 0 Å². The summed E-state index contributed by atoms with van der Waals surface area (Å²) < 4.78 is 25.2. The molecular weight excluding hydrogens is 327 g/mol. The fraction of sp³-hybridized carbons (Fsp3) is 0.571. The van der Waals surface area contributed by atoms with E-state index in [1.165, 1.54) is 13.2 Å². The van der Waals surface area contributed by atoms with Crippen molar-refractivity contribution in [2.24, 2.45) is 0 Å². The first-order valence-electron chi connectivity index (χ1n) is 6.69. The van der Waals surface area contributed by atoms with E-state index < -0.39 is 0 Å². The number of ether oxygens (including phenoxy) is 2. The average Bonchev–Trinajstić information content (AvgIpc) is 2.47. The monoisotopic (exact) mass is 346 g/mol. The Morgan fingerprint density at radius 2 is 2.00 bits per heavy atom. The van der Waals surface area contributed by atoms with E-state index in [-0.39, 0.29) is 5.82 Å². The lowest BCUT2D eigenvalue weighted by Crippen LogP contribution is -2.44. The van der Waals surface area contributed by atoms with Crippen LogP contribution in [0, 0.1) is 5.82 Å². The summed E-state index contributed by atoms with van der Waals surface area (Å²) in [6.07, 6.45) is 0.646. The Balaban J connectivity index is 2.14. The molecule has 0 spiro atoms. The molecule has 0 bridgehead atoms. The SMILES string of the molecule is COc1cc(F)c(CCN2CCNCC2)c(Br)c1OC. The van der Waals surface area contributed by atoms with E-state index in [4.69, 9.17) is 9.47 Å². The van der Waals surface area contributed by atoms with E-state index in [0.29, 0.717) is 28.0 Å². The van der Waals surface area contributed by atoms with Gasteiger partial charge in [0.05, 0.1) is 18.7 Å². The summed E-state index contributed by atoms with van der Waals surface area (Å²) in [7, 11) is 3.06. The van der Waals surface area contributed by atoms with Crippen molar-refractivity contribution in [2.45, 2.75) is 6.42 Å². The summed E-state index contributed by atoms with van der Waals surface area (Å²) in [4.78, 5) is 2.33. The van der Waals surface area contributed by atoms with Crippen molar-refractivity contribution in [2.75, 3.05) is 46.9 Å².